The van der Waals surface area contributed by atoms with Gasteiger partial charge in [0.2, 0.25) is 5.43 Å². The quantitative estimate of drug-likeness (QED) is 0.729. The largest absolute Gasteiger partial charge is 0.488 e. The molecule has 1 aromatic rings. The number of rotatable bonds is 3. The van der Waals surface area contributed by atoms with Crippen molar-refractivity contribution in [2.45, 2.75) is 12.8 Å². The molecule has 0 radical (unpaired) electrons. The van der Waals surface area contributed by atoms with Crippen LogP contribution in [0.4, 0.5) is 0 Å². The van der Waals surface area contributed by atoms with Crippen molar-refractivity contribution in [3.63, 3.8) is 0 Å². The number of ether oxygens (including phenoxy) is 1. The van der Waals surface area contributed by atoms with Crippen molar-refractivity contribution in [1.29, 1.82) is 0 Å². The summed E-state index contributed by atoms with van der Waals surface area (Å²) in [5.74, 6) is 0.646. The molecule has 1 rings (SSSR count). The van der Waals surface area contributed by atoms with E-state index in [9.17, 15) is 4.79 Å². The lowest BCUT2D eigenvalue weighted by Crippen LogP contribution is -2.08. The Morgan fingerprint density at radius 3 is 2.92 bits per heavy atom. The fourth-order valence-electron chi connectivity index (χ4n) is 0.846. The van der Waals surface area contributed by atoms with E-state index in [-0.39, 0.29) is 5.43 Å². The van der Waals surface area contributed by atoms with Crippen LogP contribution in [0.25, 0.3) is 0 Å². The van der Waals surface area contributed by atoms with Crippen molar-refractivity contribution in [3.05, 3.63) is 28.2 Å². The predicted octanol–water partition coefficient (Wildman–Crippen LogP) is 1.51. The maximum absolute atomic E-state index is 11.2. The highest BCUT2D eigenvalue weighted by atomic mass is 35.5. The summed E-state index contributed by atoms with van der Waals surface area (Å²) in [6, 6.07) is 1.44. The van der Waals surface area contributed by atoms with Crippen LogP contribution in [0.2, 0.25) is 0 Å². The summed E-state index contributed by atoms with van der Waals surface area (Å²) in [5.41, 5.74) is 0.566. The standard InChI is InChI=1S/C8H10ClNO2/c1-2-12-8-5-10-6(4-9)3-7(8)11/h3,5H,2,4H2,1H3,(H,10,11). The molecular formula is C8H10ClNO2. The van der Waals surface area contributed by atoms with Crippen LogP contribution in [0.5, 0.6) is 5.75 Å². The zero-order valence-electron chi connectivity index (χ0n) is 6.76. The van der Waals surface area contributed by atoms with E-state index in [0.29, 0.717) is 23.9 Å². The van der Waals surface area contributed by atoms with Crippen molar-refractivity contribution in [2.75, 3.05) is 6.61 Å². The van der Waals surface area contributed by atoms with Crippen molar-refractivity contribution >= 4 is 11.6 Å². The Balaban J connectivity index is 2.96. The van der Waals surface area contributed by atoms with Crippen LogP contribution in [0.1, 0.15) is 12.6 Å². The van der Waals surface area contributed by atoms with Gasteiger partial charge in [0, 0.05) is 18.0 Å². The summed E-state index contributed by atoms with van der Waals surface area (Å²) in [6.45, 7) is 2.32. The van der Waals surface area contributed by atoms with Gasteiger partial charge in [0.05, 0.1) is 12.5 Å². The minimum absolute atomic E-state index is 0.133. The first kappa shape index (κ1) is 9.13. The smallest absolute Gasteiger partial charge is 0.223 e. The molecule has 66 valence electrons. The second-order valence-corrected chi connectivity index (χ2v) is 2.52. The molecule has 3 nitrogen and oxygen atoms in total. The maximum atomic E-state index is 11.2. The second kappa shape index (κ2) is 4.16. The van der Waals surface area contributed by atoms with Gasteiger partial charge in [-0.25, -0.2) is 0 Å². The second-order valence-electron chi connectivity index (χ2n) is 2.25. The Hall–Kier alpha value is -0.960. The summed E-state index contributed by atoms with van der Waals surface area (Å²) in [4.78, 5) is 14.0. The molecule has 0 aliphatic heterocycles. The molecule has 0 amide bonds. The molecule has 0 atom stereocenters. The molecule has 0 bridgehead atoms. The van der Waals surface area contributed by atoms with Gasteiger partial charge < -0.3 is 9.72 Å². The molecule has 0 saturated heterocycles. The van der Waals surface area contributed by atoms with Gasteiger partial charge in [-0.3, -0.25) is 4.79 Å². The number of aromatic nitrogens is 1. The molecule has 1 N–H and O–H groups in total. The molecule has 0 saturated carbocycles. The zero-order valence-corrected chi connectivity index (χ0v) is 7.52. The number of hydrogen-bond acceptors (Lipinski definition) is 2. The van der Waals surface area contributed by atoms with E-state index in [1.807, 2.05) is 6.92 Å². The summed E-state index contributed by atoms with van der Waals surface area (Å²) in [5, 5.41) is 0. The highest BCUT2D eigenvalue weighted by molar-refractivity contribution is 6.16. The van der Waals surface area contributed by atoms with Gasteiger partial charge in [-0.1, -0.05) is 0 Å². The van der Waals surface area contributed by atoms with E-state index in [1.165, 1.54) is 12.3 Å². The van der Waals surface area contributed by atoms with Crippen LogP contribution in [-0.2, 0) is 5.88 Å². The van der Waals surface area contributed by atoms with Crippen molar-refractivity contribution in [2.24, 2.45) is 0 Å². The molecule has 0 aliphatic rings. The molecule has 0 unspecified atom stereocenters. The molecule has 0 aromatic carbocycles. The molecule has 0 spiro atoms. The minimum Gasteiger partial charge on any atom is -0.488 e. The van der Waals surface area contributed by atoms with Gasteiger partial charge in [-0.05, 0) is 6.92 Å². The normalized spacial score (nSPS) is 9.83. The average molecular weight is 188 g/mol. The van der Waals surface area contributed by atoms with Gasteiger partial charge in [-0.15, -0.1) is 11.6 Å². The lowest BCUT2D eigenvalue weighted by Gasteiger charge is -2.01. The minimum atomic E-state index is -0.133. The van der Waals surface area contributed by atoms with Crippen LogP contribution in [0.3, 0.4) is 0 Å². The first-order valence-corrected chi connectivity index (χ1v) is 4.21. The summed E-state index contributed by atoms with van der Waals surface area (Å²) in [7, 11) is 0. The number of pyridine rings is 1. The molecule has 0 fully saturated rings. The fraction of sp³-hybridized carbons (Fsp3) is 0.375. The molecular weight excluding hydrogens is 178 g/mol. The molecule has 1 aromatic heterocycles. The fourth-order valence-corrected chi connectivity index (χ4v) is 1.00. The lowest BCUT2D eigenvalue weighted by atomic mass is 10.3. The van der Waals surface area contributed by atoms with E-state index in [0.717, 1.165) is 0 Å². The first-order valence-electron chi connectivity index (χ1n) is 3.68. The van der Waals surface area contributed by atoms with Crippen molar-refractivity contribution in [1.82, 2.24) is 4.98 Å². The third-order valence-corrected chi connectivity index (χ3v) is 1.67. The Morgan fingerprint density at radius 1 is 1.67 bits per heavy atom. The topological polar surface area (TPSA) is 42.1 Å². The number of hydrogen-bond donors (Lipinski definition) is 1. The molecule has 12 heavy (non-hydrogen) atoms. The summed E-state index contributed by atoms with van der Waals surface area (Å²) < 4.78 is 5.05. The number of alkyl halides is 1. The van der Waals surface area contributed by atoms with E-state index < -0.39 is 0 Å². The zero-order chi connectivity index (χ0) is 8.97. The highest BCUT2D eigenvalue weighted by Gasteiger charge is 1.99. The van der Waals surface area contributed by atoms with Gasteiger partial charge in [0.25, 0.3) is 0 Å². The monoisotopic (exact) mass is 187 g/mol. The van der Waals surface area contributed by atoms with Crippen LogP contribution in [0, 0.1) is 0 Å². The Bertz CT molecular complexity index is 308. The van der Waals surface area contributed by atoms with Crippen LogP contribution >= 0.6 is 11.6 Å². The third-order valence-electron chi connectivity index (χ3n) is 1.38. The van der Waals surface area contributed by atoms with Crippen molar-refractivity contribution < 1.29 is 4.74 Å². The third kappa shape index (κ3) is 2.01. The van der Waals surface area contributed by atoms with Gasteiger partial charge in [-0.2, -0.15) is 0 Å². The van der Waals surface area contributed by atoms with Crippen LogP contribution in [-0.4, -0.2) is 11.6 Å². The number of aromatic amines is 1. The van der Waals surface area contributed by atoms with E-state index in [1.54, 1.807) is 0 Å². The van der Waals surface area contributed by atoms with E-state index in [4.69, 9.17) is 16.3 Å². The van der Waals surface area contributed by atoms with Gasteiger partial charge >= 0.3 is 0 Å². The Morgan fingerprint density at radius 2 is 2.42 bits per heavy atom. The highest BCUT2D eigenvalue weighted by Crippen LogP contribution is 2.03. The summed E-state index contributed by atoms with van der Waals surface area (Å²) >= 11 is 5.52. The average Bonchev–Trinajstić information content (AvgIpc) is 2.09. The van der Waals surface area contributed by atoms with Crippen LogP contribution in [0.15, 0.2) is 17.1 Å². The number of halogens is 1. The summed E-state index contributed by atoms with van der Waals surface area (Å²) in [6.07, 6.45) is 1.53. The molecule has 4 heteroatoms. The Labute approximate surface area is 75.3 Å². The van der Waals surface area contributed by atoms with E-state index in [2.05, 4.69) is 4.98 Å². The first-order chi connectivity index (χ1) is 5.77. The Kier molecular flexibility index (Phi) is 3.17. The predicted molar refractivity (Wildman–Crippen MR) is 47.8 cm³/mol. The molecule has 0 aliphatic carbocycles. The maximum Gasteiger partial charge on any atom is 0.223 e. The van der Waals surface area contributed by atoms with Crippen molar-refractivity contribution in [3.8, 4) is 5.75 Å². The van der Waals surface area contributed by atoms with Gasteiger partial charge in [0.15, 0.2) is 5.75 Å². The van der Waals surface area contributed by atoms with Gasteiger partial charge in [0.1, 0.15) is 0 Å². The lowest BCUT2D eigenvalue weighted by molar-refractivity contribution is 0.335. The number of H-pyrrole nitrogens is 1. The molecule has 1 heterocycles. The number of nitrogens with one attached hydrogen (secondary N) is 1. The SMILES string of the molecule is CCOc1c[nH]c(CCl)cc1=O. The van der Waals surface area contributed by atoms with E-state index >= 15 is 0 Å². The van der Waals surface area contributed by atoms with Crippen LogP contribution < -0.4 is 10.2 Å².